The number of rotatable bonds is 4. The lowest BCUT2D eigenvalue weighted by Gasteiger charge is -2.19. The molecule has 0 amide bonds. The van der Waals surface area contributed by atoms with Gasteiger partial charge in [-0.15, -0.1) is 0 Å². The molecule has 3 nitrogen and oxygen atoms in total. The lowest BCUT2D eigenvalue weighted by molar-refractivity contribution is 0.809. The van der Waals surface area contributed by atoms with Crippen molar-refractivity contribution in [2.24, 2.45) is 5.73 Å². The van der Waals surface area contributed by atoms with Crippen LogP contribution in [0.3, 0.4) is 0 Å². The summed E-state index contributed by atoms with van der Waals surface area (Å²) in [5.41, 5.74) is 9.59. The first-order valence-electron chi connectivity index (χ1n) is 6.54. The third-order valence-corrected chi connectivity index (χ3v) is 3.19. The van der Waals surface area contributed by atoms with Gasteiger partial charge in [-0.1, -0.05) is 29.8 Å². The molecular weight excluding hydrogens is 234 g/mol. The first kappa shape index (κ1) is 13.6. The Morgan fingerprint density at radius 3 is 2.74 bits per heavy atom. The zero-order valence-electron chi connectivity index (χ0n) is 11.8. The molecule has 1 unspecified atom stereocenters. The van der Waals surface area contributed by atoms with Gasteiger partial charge in [0.1, 0.15) is 5.82 Å². The molecule has 100 valence electrons. The Balaban J connectivity index is 2.15. The molecule has 2 N–H and O–H groups in total. The highest BCUT2D eigenvalue weighted by atomic mass is 15.2. The third-order valence-electron chi connectivity index (χ3n) is 3.19. The molecule has 0 aliphatic rings. The Morgan fingerprint density at radius 2 is 2.05 bits per heavy atom. The standard InChI is InChI=1S/C16H21N3/c1-12-5-4-6-14(9-12)11-19(3)16-10-15(13(2)17)7-8-18-16/h4-10,13H,11,17H2,1-3H3. The van der Waals surface area contributed by atoms with Gasteiger partial charge in [-0.2, -0.15) is 0 Å². The molecule has 0 radical (unpaired) electrons. The zero-order valence-corrected chi connectivity index (χ0v) is 11.8. The van der Waals surface area contributed by atoms with E-state index in [2.05, 4.69) is 54.2 Å². The van der Waals surface area contributed by atoms with E-state index in [0.717, 1.165) is 17.9 Å². The van der Waals surface area contributed by atoms with Crippen molar-refractivity contribution < 1.29 is 0 Å². The van der Waals surface area contributed by atoms with Gasteiger partial charge in [0, 0.05) is 25.8 Å². The van der Waals surface area contributed by atoms with E-state index in [0.29, 0.717) is 0 Å². The highest BCUT2D eigenvalue weighted by Crippen LogP contribution is 2.17. The molecule has 1 heterocycles. The summed E-state index contributed by atoms with van der Waals surface area (Å²) in [6, 6.07) is 12.6. The molecule has 0 aliphatic carbocycles. The Morgan fingerprint density at radius 1 is 1.26 bits per heavy atom. The number of pyridine rings is 1. The van der Waals surface area contributed by atoms with Crippen molar-refractivity contribution in [3.63, 3.8) is 0 Å². The summed E-state index contributed by atoms with van der Waals surface area (Å²) in [6.45, 7) is 4.94. The van der Waals surface area contributed by atoms with Gasteiger partial charge in [0.15, 0.2) is 0 Å². The minimum absolute atomic E-state index is 0.0362. The fourth-order valence-electron chi connectivity index (χ4n) is 2.09. The smallest absolute Gasteiger partial charge is 0.128 e. The van der Waals surface area contributed by atoms with Crippen molar-refractivity contribution in [1.29, 1.82) is 0 Å². The normalized spacial score (nSPS) is 12.2. The maximum atomic E-state index is 5.91. The molecular formula is C16H21N3. The van der Waals surface area contributed by atoms with Crippen LogP contribution in [0, 0.1) is 6.92 Å². The Bertz CT molecular complexity index is 549. The number of anilines is 1. The summed E-state index contributed by atoms with van der Waals surface area (Å²) in [4.78, 5) is 6.55. The summed E-state index contributed by atoms with van der Waals surface area (Å²) < 4.78 is 0. The summed E-state index contributed by atoms with van der Waals surface area (Å²) in [6.07, 6.45) is 1.82. The van der Waals surface area contributed by atoms with Crippen LogP contribution in [0.5, 0.6) is 0 Å². The van der Waals surface area contributed by atoms with E-state index in [4.69, 9.17) is 5.73 Å². The molecule has 0 bridgehead atoms. The van der Waals surface area contributed by atoms with Crippen LogP contribution in [0.4, 0.5) is 5.82 Å². The van der Waals surface area contributed by atoms with E-state index >= 15 is 0 Å². The van der Waals surface area contributed by atoms with E-state index < -0.39 is 0 Å². The van der Waals surface area contributed by atoms with Gasteiger partial charge in [0.2, 0.25) is 0 Å². The van der Waals surface area contributed by atoms with E-state index in [1.54, 1.807) is 0 Å². The molecule has 2 rings (SSSR count). The van der Waals surface area contributed by atoms with Gasteiger partial charge in [0.05, 0.1) is 0 Å². The molecule has 2 aromatic rings. The average Bonchev–Trinajstić information content (AvgIpc) is 2.39. The van der Waals surface area contributed by atoms with Crippen molar-refractivity contribution in [2.45, 2.75) is 26.4 Å². The summed E-state index contributed by atoms with van der Waals surface area (Å²) in [5, 5.41) is 0. The molecule has 1 atom stereocenters. The topological polar surface area (TPSA) is 42.1 Å². The number of aromatic nitrogens is 1. The van der Waals surface area contributed by atoms with Crippen molar-refractivity contribution in [2.75, 3.05) is 11.9 Å². The van der Waals surface area contributed by atoms with E-state index in [1.807, 2.05) is 19.2 Å². The van der Waals surface area contributed by atoms with Gasteiger partial charge >= 0.3 is 0 Å². The van der Waals surface area contributed by atoms with Gasteiger partial charge in [-0.3, -0.25) is 0 Å². The predicted molar refractivity (Wildman–Crippen MR) is 80.1 cm³/mol. The molecule has 1 aromatic heterocycles. The van der Waals surface area contributed by atoms with Gasteiger partial charge in [-0.25, -0.2) is 4.98 Å². The first-order chi connectivity index (χ1) is 9.06. The van der Waals surface area contributed by atoms with Crippen LogP contribution in [0.1, 0.15) is 29.7 Å². The van der Waals surface area contributed by atoms with Crippen LogP contribution in [0.2, 0.25) is 0 Å². The minimum atomic E-state index is 0.0362. The fraction of sp³-hybridized carbons (Fsp3) is 0.312. The van der Waals surface area contributed by atoms with Crippen LogP contribution in [-0.2, 0) is 6.54 Å². The number of hydrogen-bond donors (Lipinski definition) is 1. The van der Waals surface area contributed by atoms with Crippen LogP contribution in [-0.4, -0.2) is 12.0 Å². The van der Waals surface area contributed by atoms with Crippen molar-refractivity contribution in [3.8, 4) is 0 Å². The SMILES string of the molecule is Cc1cccc(CN(C)c2cc(C(C)N)ccn2)c1. The predicted octanol–water partition coefficient (Wildman–Crippen LogP) is 3.05. The number of nitrogens with zero attached hydrogens (tertiary/aromatic N) is 2. The molecule has 0 saturated carbocycles. The van der Waals surface area contributed by atoms with Crippen molar-refractivity contribution in [1.82, 2.24) is 4.98 Å². The second kappa shape index (κ2) is 5.85. The second-order valence-corrected chi connectivity index (χ2v) is 5.08. The highest BCUT2D eigenvalue weighted by molar-refractivity contribution is 5.42. The van der Waals surface area contributed by atoms with E-state index in [-0.39, 0.29) is 6.04 Å². The molecule has 19 heavy (non-hydrogen) atoms. The van der Waals surface area contributed by atoms with Crippen LogP contribution in [0.25, 0.3) is 0 Å². The maximum absolute atomic E-state index is 5.91. The summed E-state index contributed by atoms with van der Waals surface area (Å²) in [7, 11) is 2.05. The van der Waals surface area contributed by atoms with Crippen LogP contribution >= 0.6 is 0 Å². The monoisotopic (exact) mass is 255 g/mol. The highest BCUT2D eigenvalue weighted by Gasteiger charge is 2.06. The van der Waals surface area contributed by atoms with Crippen LogP contribution < -0.4 is 10.6 Å². The lowest BCUT2D eigenvalue weighted by atomic mass is 10.1. The minimum Gasteiger partial charge on any atom is -0.355 e. The van der Waals surface area contributed by atoms with Gasteiger partial charge in [0.25, 0.3) is 0 Å². The van der Waals surface area contributed by atoms with Crippen molar-refractivity contribution in [3.05, 3.63) is 59.3 Å². The zero-order chi connectivity index (χ0) is 13.8. The quantitative estimate of drug-likeness (QED) is 0.913. The molecule has 0 fully saturated rings. The molecule has 0 spiro atoms. The van der Waals surface area contributed by atoms with Crippen molar-refractivity contribution >= 4 is 5.82 Å². The Labute approximate surface area is 115 Å². The van der Waals surface area contributed by atoms with Crippen LogP contribution in [0.15, 0.2) is 42.6 Å². The largest absolute Gasteiger partial charge is 0.355 e. The first-order valence-corrected chi connectivity index (χ1v) is 6.54. The number of aryl methyl sites for hydroxylation is 1. The fourth-order valence-corrected chi connectivity index (χ4v) is 2.09. The van der Waals surface area contributed by atoms with E-state index in [1.165, 1.54) is 11.1 Å². The van der Waals surface area contributed by atoms with E-state index in [9.17, 15) is 0 Å². The Hall–Kier alpha value is -1.87. The molecule has 0 saturated heterocycles. The van der Waals surface area contributed by atoms with Gasteiger partial charge in [-0.05, 0) is 37.1 Å². The summed E-state index contributed by atoms with van der Waals surface area (Å²) >= 11 is 0. The summed E-state index contributed by atoms with van der Waals surface area (Å²) in [5.74, 6) is 0.955. The second-order valence-electron chi connectivity index (χ2n) is 5.08. The number of benzene rings is 1. The molecule has 0 aliphatic heterocycles. The number of hydrogen-bond acceptors (Lipinski definition) is 3. The Kier molecular flexibility index (Phi) is 4.17. The molecule has 1 aromatic carbocycles. The van der Waals surface area contributed by atoms with Gasteiger partial charge < -0.3 is 10.6 Å². The maximum Gasteiger partial charge on any atom is 0.128 e. The lowest BCUT2D eigenvalue weighted by Crippen LogP contribution is -2.18. The molecule has 3 heteroatoms. The number of nitrogens with two attached hydrogens (primary N) is 1. The average molecular weight is 255 g/mol. The third kappa shape index (κ3) is 3.55.